The molecule has 1 aromatic carbocycles. The molecule has 0 bridgehead atoms. The molecule has 2 atom stereocenters. The van der Waals surface area contributed by atoms with Gasteiger partial charge in [-0.15, -0.1) is 0 Å². The van der Waals surface area contributed by atoms with E-state index in [4.69, 9.17) is 13.9 Å². The molecule has 2 saturated heterocycles. The molecule has 2 aliphatic rings. The van der Waals surface area contributed by atoms with E-state index in [0.29, 0.717) is 37.8 Å². The van der Waals surface area contributed by atoms with Gasteiger partial charge in [0.25, 0.3) is 5.91 Å². The van der Waals surface area contributed by atoms with Gasteiger partial charge < -0.3 is 18.8 Å². The Morgan fingerprint density at radius 2 is 2.00 bits per heavy atom. The van der Waals surface area contributed by atoms with Crippen LogP contribution >= 0.6 is 0 Å². The van der Waals surface area contributed by atoms with Crippen LogP contribution in [0.2, 0.25) is 0 Å². The van der Waals surface area contributed by atoms with Crippen molar-refractivity contribution < 1.29 is 23.5 Å². The van der Waals surface area contributed by atoms with Crippen molar-refractivity contribution in [1.29, 1.82) is 0 Å². The molecule has 0 saturated carbocycles. The van der Waals surface area contributed by atoms with E-state index in [-0.39, 0.29) is 23.7 Å². The Morgan fingerprint density at radius 1 is 1.23 bits per heavy atom. The van der Waals surface area contributed by atoms with Crippen LogP contribution < -0.4 is 4.74 Å². The summed E-state index contributed by atoms with van der Waals surface area (Å²) in [5.41, 5.74) is 2.01. The zero-order valence-corrected chi connectivity index (χ0v) is 14.9. The minimum Gasteiger partial charge on any atom is -0.489 e. The van der Waals surface area contributed by atoms with Gasteiger partial charge in [-0.3, -0.25) is 9.59 Å². The standard InChI is InChI=1S/C20H21NO5/c1-12-3-5-16(6-4-12)24-10-14-7-18(26-13(14)2)19(22)21-8-15-11-25-20(23)17(15)9-21/h3-7,15,17H,8-11H2,1-2H3/t15-,17-/m1/s1. The van der Waals surface area contributed by atoms with Crippen molar-refractivity contribution in [3.05, 3.63) is 53.0 Å². The lowest BCUT2D eigenvalue weighted by molar-refractivity contribution is -0.141. The number of ether oxygens (including phenoxy) is 2. The first-order valence-electron chi connectivity index (χ1n) is 8.76. The van der Waals surface area contributed by atoms with Gasteiger partial charge in [-0.1, -0.05) is 17.7 Å². The van der Waals surface area contributed by atoms with Gasteiger partial charge in [0.15, 0.2) is 5.76 Å². The lowest BCUT2D eigenvalue weighted by atomic mass is 10.0. The topological polar surface area (TPSA) is 69.0 Å². The van der Waals surface area contributed by atoms with E-state index < -0.39 is 0 Å². The summed E-state index contributed by atoms with van der Waals surface area (Å²) >= 11 is 0. The minimum absolute atomic E-state index is 0.104. The lowest BCUT2D eigenvalue weighted by Crippen LogP contribution is -2.30. The van der Waals surface area contributed by atoms with Gasteiger partial charge in [-0.2, -0.15) is 0 Å². The Balaban J connectivity index is 1.42. The Bertz CT molecular complexity index is 838. The second-order valence-corrected chi connectivity index (χ2v) is 7.00. The maximum atomic E-state index is 12.7. The molecule has 6 heteroatoms. The fourth-order valence-corrected chi connectivity index (χ4v) is 3.49. The third kappa shape index (κ3) is 3.07. The van der Waals surface area contributed by atoms with E-state index >= 15 is 0 Å². The largest absolute Gasteiger partial charge is 0.489 e. The van der Waals surface area contributed by atoms with Crippen LogP contribution in [0.1, 0.15) is 27.4 Å². The van der Waals surface area contributed by atoms with Crippen molar-refractivity contribution in [2.45, 2.75) is 20.5 Å². The molecule has 136 valence electrons. The molecular formula is C20H21NO5. The molecule has 1 aromatic heterocycles. The first kappa shape index (κ1) is 16.7. The highest BCUT2D eigenvalue weighted by atomic mass is 16.5. The molecule has 0 aliphatic carbocycles. The molecule has 0 radical (unpaired) electrons. The van der Waals surface area contributed by atoms with Gasteiger partial charge in [0.1, 0.15) is 18.1 Å². The van der Waals surface area contributed by atoms with E-state index in [0.717, 1.165) is 11.3 Å². The molecule has 26 heavy (non-hydrogen) atoms. The van der Waals surface area contributed by atoms with Crippen LogP contribution in [0.4, 0.5) is 0 Å². The first-order chi connectivity index (χ1) is 12.5. The van der Waals surface area contributed by atoms with Crippen LogP contribution in [0.15, 0.2) is 34.7 Å². The summed E-state index contributed by atoms with van der Waals surface area (Å²) in [6, 6.07) is 9.54. The van der Waals surface area contributed by atoms with Crippen LogP contribution in [0, 0.1) is 25.7 Å². The van der Waals surface area contributed by atoms with Crippen molar-refractivity contribution >= 4 is 11.9 Å². The highest BCUT2D eigenvalue weighted by Gasteiger charge is 2.45. The summed E-state index contributed by atoms with van der Waals surface area (Å²) in [5.74, 6) is 1.25. The molecular weight excluding hydrogens is 334 g/mol. The normalized spacial score (nSPS) is 21.6. The van der Waals surface area contributed by atoms with Crippen LogP contribution in [0.25, 0.3) is 0 Å². The maximum Gasteiger partial charge on any atom is 0.311 e. The first-order valence-corrected chi connectivity index (χ1v) is 8.76. The SMILES string of the molecule is Cc1ccc(OCc2cc(C(=O)N3C[C@@H]4COC(=O)[C@@H]4C3)oc2C)cc1. The van der Waals surface area contributed by atoms with Gasteiger partial charge >= 0.3 is 5.97 Å². The number of amides is 1. The van der Waals surface area contributed by atoms with Crippen molar-refractivity contribution in [3.8, 4) is 5.75 Å². The summed E-state index contributed by atoms with van der Waals surface area (Å²) < 4.78 is 16.5. The van der Waals surface area contributed by atoms with Gasteiger partial charge in [0.05, 0.1) is 12.5 Å². The second kappa shape index (κ2) is 6.52. The molecule has 3 heterocycles. The summed E-state index contributed by atoms with van der Waals surface area (Å²) in [6.07, 6.45) is 0. The Hall–Kier alpha value is -2.76. The molecule has 2 aliphatic heterocycles. The number of esters is 1. The predicted molar refractivity (Wildman–Crippen MR) is 92.8 cm³/mol. The summed E-state index contributed by atoms with van der Waals surface area (Å²) in [6.45, 7) is 5.51. The lowest BCUT2D eigenvalue weighted by Gasteiger charge is -2.15. The third-order valence-electron chi connectivity index (χ3n) is 5.12. The van der Waals surface area contributed by atoms with Gasteiger partial charge in [0, 0.05) is 24.6 Å². The maximum absolute atomic E-state index is 12.7. The second-order valence-electron chi connectivity index (χ2n) is 7.00. The molecule has 2 fully saturated rings. The zero-order chi connectivity index (χ0) is 18.3. The fourth-order valence-electron chi connectivity index (χ4n) is 3.49. The Morgan fingerprint density at radius 3 is 2.73 bits per heavy atom. The quantitative estimate of drug-likeness (QED) is 0.789. The number of carbonyl (C=O) groups excluding carboxylic acids is 2. The summed E-state index contributed by atoms with van der Waals surface area (Å²) in [7, 11) is 0. The average molecular weight is 355 g/mol. The summed E-state index contributed by atoms with van der Waals surface area (Å²) in [4.78, 5) is 26.0. The molecule has 6 nitrogen and oxygen atoms in total. The van der Waals surface area contributed by atoms with E-state index in [1.165, 1.54) is 5.56 Å². The monoisotopic (exact) mass is 355 g/mol. The fraction of sp³-hybridized carbons (Fsp3) is 0.400. The number of hydrogen-bond acceptors (Lipinski definition) is 5. The Kier molecular flexibility index (Phi) is 4.18. The van der Waals surface area contributed by atoms with Crippen LogP contribution in [0.3, 0.4) is 0 Å². The number of rotatable bonds is 4. The predicted octanol–water partition coefficient (Wildman–Crippen LogP) is 2.72. The summed E-state index contributed by atoms with van der Waals surface area (Å²) in [5, 5.41) is 0. The number of aryl methyl sites for hydroxylation is 2. The average Bonchev–Trinajstić information content (AvgIpc) is 3.30. The highest BCUT2D eigenvalue weighted by molar-refractivity contribution is 5.92. The van der Waals surface area contributed by atoms with Crippen LogP contribution in [0.5, 0.6) is 5.75 Å². The highest BCUT2D eigenvalue weighted by Crippen LogP contribution is 2.31. The molecule has 0 unspecified atom stereocenters. The number of carbonyl (C=O) groups is 2. The Labute approximate surface area is 151 Å². The van der Waals surface area contributed by atoms with E-state index in [9.17, 15) is 9.59 Å². The number of furan rings is 1. The number of hydrogen-bond donors (Lipinski definition) is 0. The van der Waals surface area contributed by atoms with Crippen LogP contribution in [-0.4, -0.2) is 36.5 Å². The molecule has 2 aromatic rings. The number of fused-ring (bicyclic) bond motifs is 1. The molecule has 0 spiro atoms. The minimum atomic E-state index is -0.201. The van der Waals surface area contributed by atoms with E-state index in [1.807, 2.05) is 38.1 Å². The van der Waals surface area contributed by atoms with Gasteiger partial charge in [0.2, 0.25) is 0 Å². The molecule has 1 amide bonds. The van der Waals surface area contributed by atoms with Crippen molar-refractivity contribution in [2.75, 3.05) is 19.7 Å². The third-order valence-corrected chi connectivity index (χ3v) is 5.12. The van der Waals surface area contributed by atoms with Gasteiger partial charge in [-0.25, -0.2) is 0 Å². The number of benzene rings is 1. The number of nitrogens with zero attached hydrogens (tertiary/aromatic N) is 1. The van der Waals surface area contributed by atoms with Crippen molar-refractivity contribution in [2.24, 2.45) is 11.8 Å². The molecule has 0 N–H and O–H groups in total. The van der Waals surface area contributed by atoms with E-state index in [1.54, 1.807) is 11.0 Å². The van der Waals surface area contributed by atoms with Gasteiger partial charge in [-0.05, 0) is 32.0 Å². The zero-order valence-electron chi connectivity index (χ0n) is 14.9. The van der Waals surface area contributed by atoms with Crippen molar-refractivity contribution in [1.82, 2.24) is 4.90 Å². The van der Waals surface area contributed by atoms with Crippen molar-refractivity contribution in [3.63, 3.8) is 0 Å². The van der Waals surface area contributed by atoms with Crippen LogP contribution in [-0.2, 0) is 16.1 Å². The number of cyclic esters (lactones) is 1. The number of likely N-dealkylation sites (tertiary alicyclic amines) is 1. The molecule has 4 rings (SSSR count). The van der Waals surface area contributed by atoms with E-state index in [2.05, 4.69) is 0 Å². The smallest absolute Gasteiger partial charge is 0.311 e.